The molecule has 0 spiro atoms. The monoisotopic (exact) mass is 257 g/mol. The Balaban J connectivity index is 2.15. The highest BCUT2D eigenvalue weighted by Crippen LogP contribution is 2.11. The molecular formula is C14H15N3O2. The molecule has 0 aliphatic heterocycles. The highest BCUT2D eigenvalue weighted by molar-refractivity contribution is 5.85. The first kappa shape index (κ1) is 13.0. The van der Waals surface area contributed by atoms with Gasteiger partial charge in [0.05, 0.1) is 0 Å². The molecule has 0 amide bonds. The summed E-state index contributed by atoms with van der Waals surface area (Å²) >= 11 is 0. The molecule has 1 aromatic heterocycles. The number of anilines is 1. The van der Waals surface area contributed by atoms with Crippen molar-refractivity contribution in [3.8, 4) is 0 Å². The van der Waals surface area contributed by atoms with E-state index in [-0.39, 0.29) is 5.69 Å². The molecule has 0 saturated carbocycles. The summed E-state index contributed by atoms with van der Waals surface area (Å²) in [6, 6.07) is 9.53. The predicted octanol–water partition coefficient (Wildman–Crippen LogP) is 2.12. The molecule has 5 heteroatoms. The maximum absolute atomic E-state index is 10.9. The molecule has 0 fully saturated rings. The van der Waals surface area contributed by atoms with E-state index in [9.17, 15) is 4.79 Å². The summed E-state index contributed by atoms with van der Waals surface area (Å²) in [5.41, 5.74) is 2.33. The van der Waals surface area contributed by atoms with Crippen LogP contribution in [0, 0.1) is 6.92 Å². The third-order valence-corrected chi connectivity index (χ3v) is 2.74. The minimum Gasteiger partial charge on any atom is -0.477 e. The summed E-state index contributed by atoms with van der Waals surface area (Å²) in [4.78, 5) is 20.8. The van der Waals surface area contributed by atoms with Gasteiger partial charge in [-0.2, -0.15) is 0 Å². The number of hydrogen-bond acceptors (Lipinski definition) is 4. The van der Waals surface area contributed by atoms with Crippen LogP contribution in [0.2, 0.25) is 0 Å². The number of benzene rings is 1. The van der Waals surface area contributed by atoms with Crippen molar-refractivity contribution in [2.75, 3.05) is 11.9 Å². The minimum atomic E-state index is -1.05. The molecule has 0 saturated heterocycles. The van der Waals surface area contributed by atoms with Gasteiger partial charge in [-0.3, -0.25) is 0 Å². The second-order valence-electron chi connectivity index (χ2n) is 4.39. The predicted molar refractivity (Wildman–Crippen MR) is 72.3 cm³/mol. The fraction of sp³-hybridized carbons (Fsp3) is 0.214. The number of hydrogen-bond donors (Lipinski definition) is 1. The third-order valence-electron chi connectivity index (χ3n) is 2.74. The summed E-state index contributed by atoms with van der Waals surface area (Å²) in [5.74, 6) is -0.645. The Morgan fingerprint density at radius 1 is 1.26 bits per heavy atom. The van der Waals surface area contributed by atoms with Gasteiger partial charge in [-0.15, -0.1) is 0 Å². The van der Waals surface area contributed by atoms with Crippen LogP contribution in [0.4, 0.5) is 5.95 Å². The van der Waals surface area contributed by atoms with Gasteiger partial charge in [0.15, 0.2) is 5.69 Å². The minimum absolute atomic E-state index is 0.000700. The summed E-state index contributed by atoms with van der Waals surface area (Å²) in [6.45, 7) is 2.66. The average molecular weight is 257 g/mol. The zero-order valence-electron chi connectivity index (χ0n) is 10.9. The molecule has 19 heavy (non-hydrogen) atoms. The molecule has 0 bridgehead atoms. The van der Waals surface area contributed by atoms with Crippen LogP contribution in [0.1, 0.15) is 21.6 Å². The lowest BCUT2D eigenvalue weighted by Gasteiger charge is -2.17. The quantitative estimate of drug-likeness (QED) is 0.908. The summed E-state index contributed by atoms with van der Waals surface area (Å²) < 4.78 is 0. The molecule has 5 nitrogen and oxygen atoms in total. The number of carboxylic acids is 1. The first-order valence-electron chi connectivity index (χ1n) is 5.89. The van der Waals surface area contributed by atoms with E-state index in [1.165, 1.54) is 17.8 Å². The number of aryl methyl sites for hydroxylation is 1. The normalized spacial score (nSPS) is 10.2. The molecular weight excluding hydrogens is 242 g/mol. The third kappa shape index (κ3) is 3.28. The molecule has 0 aliphatic carbocycles. The van der Waals surface area contributed by atoms with Crippen LogP contribution in [0.3, 0.4) is 0 Å². The maximum atomic E-state index is 10.9. The van der Waals surface area contributed by atoms with E-state index < -0.39 is 5.97 Å². The van der Waals surface area contributed by atoms with Crippen molar-refractivity contribution in [2.45, 2.75) is 13.5 Å². The van der Waals surface area contributed by atoms with E-state index >= 15 is 0 Å². The van der Waals surface area contributed by atoms with Gasteiger partial charge in [-0.25, -0.2) is 14.8 Å². The van der Waals surface area contributed by atoms with E-state index in [0.717, 1.165) is 5.56 Å². The largest absolute Gasteiger partial charge is 0.477 e. The van der Waals surface area contributed by atoms with E-state index in [4.69, 9.17) is 5.11 Å². The van der Waals surface area contributed by atoms with Crippen molar-refractivity contribution in [2.24, 2.45) is 0 Å². The van der Waals surface area contributed by atoms with Gasteiger partial charge in [-0.05, 0) is 18.6 Å². The van der Waals surface area contributed by atoms with Gasteiger partial charge in [0, 0.05) is 19.8 Å². The number of aromatic nitrogens is 2. The van der Waals surface area contributed by atoms with E-state index in [1.54, 1.807) is 0 Å². The van der Waals surface area contributed by atoms with Crippen LogP contribution in [0.15, 0.2) is 36.5 Å². The number of carboxylic acid groups (broad SMARTS) is 1. The molecule has 1 aromatic carbocycles. The lowest BCUT2D eigenvalue weighted by atomic mass is 10.1. The molecule has 1 heterocycles. The van der Waals surface area contributed by atoms with Crippen LogP contribution >= 0.6 is 0 Å². The fourth-order valence-electron chi connectivity index (χ4n) is 1.69. The van der Waals surface area contributed by atoms with Crippen LogP contribution in [0.25, 0.3) is 0 Å². The Hall–Kier alpha value is -2.43. The molecule has 2 rings (SSSR count). The number of carbonyl (C=O) groups is 1. The second kappa shape index (κ2) is 5.48. The Morgan fingerprint density at radius 3 is 2.58 bits per heavy atom. The smallest absolute Gasteiger partial charge is 0.354 e. The molecule has 0 atom stereocenters. The van der Waals surface area contributed by atoms with Crippen molar-refractivity contribution in [1.29, 1.82) is 0 Å². The molecule has 0 radical (unpaired) electrons. The highest BCUT2D eigenvalue weighted by atomic mass is 16.4. The van der Waals surface area contributed by atoms with Gasteiger partial charge >= 0.3 is 5.97 Å². The number of nitrogens with zero attached hydrogens (tertiary/aromatic N) is 3. The van der Waals surface area contributed by atoms with Crippen LogP contribution in [0.5, 0.6) is 0 Å². The Labute approximate surface area is 111 Å². The second-order valence-corrected chi connectivity index (χ2v) is 4.39. The standard InChI is InChI=1S/C14H15N3O2/c1-10-3-5-11(6-4-10)9-17(2)14-15-8-7-12(16-14)13(18)19/h3-8H,9H2,1-2H3,(H,18,19). The van der Waals surface area contributed by atoms with Crippen molar-refractivity contribution >= 4 is 11.9 Å². The lowest BCUT2D eigenvalue weighted by molar-refractivity contribution is 0.0690. The van der Waals surface area contributed by atoms with E-state index in [0.29, 0.717) is 12.5 Å². The van der Waals surface area contributed by atoms with Crippen molar-refractivity contribution in [1.82, 2.24) is 9.97 Å². The van der Waals surface area contributed by atoms with Crippen LogP contribution in [-0.2, 0) is 6.54 Å². The molecule has 0 unspecified atom stereocenters. The molecule has 1 N–H and O–H groups in total. The van der Waals surface area contributed by atoms with Gasteiger partial charge in [0.25, 0.3) is 0 Å². The summed E-state index contributed by atoms with van der Waals surface area (Å²) in [5, 5.41) is 8.90. The van der Waals surface area contributed by atoms with Gasteiger partial charge in [-0.1, -0.05) is 29.8 Å². The van der Waals surface area contributed by atoms with Gasteiger partial charge in [0.1, 0.15) is 0 Å². The zero-order chi connectivity index (χ0) is 13.8. The average Bonchev–Trinajstić information content (AvgIpc) is 2.41. The van der Waals surface area contributed by atoms with Gasteiger partial charge in [0.2, 0.25) is 5.95 Å². The lowest BCUT2D eigenvalue weighted by Crippen LogP contribution is -2.20. The SMILES string of the molecule is Cc1ccc(CN(C)c2nccc(C(=O)O)n2)cc1. The highest BCUT2D eigenvalue weighted by Gasteiger charge is 2.09. The van der Waals surface area contributed by atoms with Crippen molar-refractivity contribution in [3.63, 3.8) is 0 Å². The number of aromatic carboxylic acids is 1. The Morgan fingerprint density at radius 2 is 1.95 bits per heavy atom. The molecule has 2 aromatic rings. The van der Waals surface area contributed by atoms with E-state index in [1.807, 2.05) is 43.1 Å². The van der Waals surface area contributed by atoms with Crippen LogP contribution < -0.4 is 4.90 Å². The Kier molecular flexibility index (Phi) is 3.75. The summed E-state index contributed by atoms with van der Waals surface area (Å²) in [7, 11) is 1.83. The van der Waals surface area contributed by atoms with Crippen molar-refractivity contribution in [3.05, 3.63) is 53.3 Å². The molecule has 98 valence electrons. The fourth-order valence-corrected chi connectivity index (χ4v) is 1.69. The maximum Gasteiger partial charge on any atom is 0.354 e. The number of rotatable bonds is 4. The summed E-state index contributed by atoms with van der Waals surface area (Å²) in [6.07, 6.45) is 1.46. The zero-order valence-corrected chi connectivity index (χ0v) is 10.9. The first-order valence-corrected chi connectivity index (χ1v) is 5.89. The van der Waals surface area contributed by atoms with Crippen molar-refractivity contribution < 1.29 is 9.90 Å². The van der Waals surface area contributed by atoms with Crippen LogP contribution in [-0.4, -0.2) is 28.1 Å². The van der Waals surface area contributed by atoms with Gasteiger partial charge < -0.3 is 10.0 Å². The molecule has 0 aliphatic rings. The first-order chi connectivity index (χ1) is 9.06. The van der Waals surface area contributed by atoms with E-state index in [2.05, 4.69) is 9.97 Å². The Bertz CT molecular complexity index is 581. The topological polar surface area (TPSA) is 66.3 Å².